The molecule has 0 spiro atoms. The van der Waals surface area contributed by atoms with Crippen LogP contribution in [-0.2, 0) is 20.9 Å². The SMILES string of the molecule is CC(=O)NC(C)C(=O)NCCCN(Cc1cccnc1)C(=O)OC(C)(C)C. The Kier molecular flexibility index (Phi) is 8.71. The molecule has 1 aromatic rings. The number of ether oxygens (including phenoxy) is 1. The molecule has 27 heavy (non-hydrogen) atoms. The van der Waals surface area contributed by atoms with Crippen molar-refractivity contribution in [1.29, 1.82) is 0 Å². The van der Waals surface area contributed by atoms with Crippen molar-refractivity contribution >= 4 is 17.9 Å². The van der Waals surface area contributed by atoms with Gasteiger partial charge in [0, 0.05) is 32.4 Å². The third-order valence-corrected chi connectivity index (χ3v) is 3.47. The van der Waals surface area contributed by atoms with Crippen LogP contribution in [-0.4, -0.2) is 52.5 Å². The number of pyridine rings is 1. The molecule has 0 fully saturated rings. The van der Waals surface area contributed by atoms with Crippen LogP contribution in [0.25, 0.3) is 0 Å². The lowest BCUT2D eigenvalue weighted by Gasteiger charge is -2.27. The molecule has 8 heteroatoms. The zero-order chi connectivity index (χ0) is 20.4. The third kappa shape index (κ3) is 9.58. The van der Waals surface area contributed by atoms with Gasteiger partial charge in [0.25, 0.3) is 0 Å². The molecular formula is C19H30N4O4. The Morgan fingerprint density at radius 3 is 2.56 bits per heavy atom. The summed E-state index contributed by atoms with van der Waals surface area (Å²) in [6, 6.07) is 3.10. The van der Waals surface area contributed by atoms with Crippen LogP contribution in [0.5, 0.6) is 0 Å². The van der Waals surface area contributed by atoms with E-state index in [4.69, 9.17) is 4.74 Å². The van der Waals surface area contributed by atoms with E-state index in [1.807, 2.05) is 32.9 Å². The summed E-state index contributed by atoms with van der Waals surface area (Å²) >= 11 is 0. The van der Waals surface area contributed by atoms with Crippen LogP contribution in [0, 0.1) is 0 Å². The highest BCUT2D eigenvalue weighted by atomic mass is 16.6. The molecule has 1 heterocycles. The summed E-state index contributed by atoms with van der Waals surface area (Å²) in [4.78, 5) is 41.0. The molecule has 1 atom stereocenters. The van der Waals surface area contributed by atoms with Crippen LogP contribution in [0.1, 0.15) is 46.6 Å². The smallest absolute Gasteiger partial charge is 0.410 e. The Hall–Kier alpha value is -2.64. The highest BCUT2D eigenvalue weighted by Crippen LogP contribution is 2.12. The average molecular weight is 378 g/mol. The van der Waals surface area contributed by atoms with Gasteiger partial charge in [0.2, 0.25) is 11.8 Å². The molecular weight excluding hydrogens is 348 g/mol. The van der Waals surface area contributed by atoms with Crippen molar-refractivity contribution in [2.24, 2.45) is 0 Å². The number of carbonyl (C=O) groups is 3. The lowest BCUT2D eigenvalue weighted by atomic mass is 10.2. The molecule has 0 aliphatic heterocycles. The van der Waals surface area contributed by atoms with Gasteiger partial charge in [-0.2, -0.15) is 0 Å². The van der Waals surface area contributed by atoms with Crippen molar-refractivity contribution in [2.75, 3.05) is 13.1 Å². The van der Waals surface area contributed by atoms with Gasteiger partial charge in [-0.25, -0.2) is 4.79 Å². The second-order valence-electron chi connectivity index (χ2n) is 7.33. The van der Waals surface area contributed by atoms with Crippen molar-refractivity contribution < 1.29 is 19.1 Å². The Balaban J connectivity index is 2.57. The van der Waals surface area contributed by atoms with Crippen LogP contribution in [0.2, 0.25) is 0 Å². The van der Waals surface area contributed by atoms with Gasteiger partial charge in [-0.3, -0.25) is 14.6 Å². The molecule has 1 aromatic heterocycles. The number of nitrogens with one attached hydrogen (secondary N) is 2. The molecule has 0 radical (unpaired) electrons. The highest BCUT2D eigenvalue weighted by Gasteiger charge is 2.22. The molecule has 8 nitrogen and oxygen atoms in total. The van der Waals surface area contributed by atoms with Gasteiger partial charge >= 0.3 is 6.09 Å². The van der Waals surface area contributed by atoms with Crippen LogP contribution in [0.3, 0.4) is 0 Å². The van der Waals surface area contributed by atoms with Crippen LogP contribution < -0.4 is 10.6 Å². The first-order valence-electron chi connectivity index (χ1n) is 9.00. The number of hydrogen-bond donors (Lipinski definition) is 2. The first-order valence-corrected chi connectivity index (χ1v) is 9.00. The number of amides is 3. The van der Waals surface area contributed by atoms with E-state index in [1.165, 1.54) is 6.92 Å². The minimum atomic E-state index is -0.597. The van der Waals surface area contributed by atoms with E-state index in [0.29, 0.717) is 26.1 Å². The summed E-state index contributed by atoms with van der Waals surface area (Å²) in [6.07, 6.45) is 3.52. The fourth-order valence-corrected chi connectivity index (χ4v) is 2.28. The lowest BCUT2D eigenvalue weighted by Crippen LogP contribution is -2.45. The lowest BCUT2D eigenvalue weighted by molar-refractivity contribution is -0.127. The molecule has 0 saturated heterocycles. The monoisotopic (exact) mass is 378 g/mol. The van der Waals surface area contributed by atoms with Gasteiger partial charge in [-0.05, 0) is 45.7 Å². The molecule has 0 aromatic carbocycles. The van der Waals surface area contributed by atoms with E-state index < -0.39 is 17.7 Å². The maximum Gasteiger partial charge on any atom is 0.410 e. The maximum atomic E-state index is 12.5. The van der Waals surface area contributed by atoms with E-state index in [2.05, 4.69) is 15.6 Å². The summed E-state index contributed by atoms with van der Waals surface area (Å²) < 4.78 is 5.46. The molecule has 2 N–H and O–H groups in total. The van der Waals surface area contributed by atoms with Crippen molar-refractivity contribution in [3.8, 4) is 0 Å². The Morgan fingerprint density at radius 2 is 2.00 bits per heavy atom. The molecule has 1 unspecified atom stereocenters. The van der Waals surface area contributed by atoms with Gasteiger partial charge in [0.15, 0.2) is 0 Å². The second kappa shape index (κ2) is 10.5. The van der Waals surface area contributed by atoms with Crippen molar-refractivity contribution in [2.45, 2.75) is 59.2 Å². The van der Waals surface area contributed by atoms with Crippen molar-refractivity contribution in [1.82, 2.24) is 20.5 Å². The molecule has 1 rings (SSSR count). The summed E-state index contributed by atoms with van der Waals surface area (Å²) in [6.45, 7) is 9.60. The van der Waals surface area contributed by atoms with Crippen LogP contribution >= 0.6 is 0 Å². The normalized spacial score (nSPS) is 12.0. The molecule has 150 valence electrons. The van der Waals surface area contributed by atoms with E-state index in [9.17, 15) is 14.4 Å². The van der Waals surface area contributed by atoms with Gasteiger partial charge in [0.05, 0.1) is 6.54 Å². The minimum absolute atomic E-state index is 0.259. The Bertz CT molecular complexity index is 628. The van der Waals surface area contributed by atoms with Gasteiger partial charge in [0.1, 0.15) is 11.6 Å². The quantitative estimate of drug-likeness (QED) is 0.673. The van der Waals surface area contributed by atoms with E-state index in [1.54, 1.807) is 24.2 Å². The predicted octanol–water partition coefficient (Wildman–Crippen LogP) is 1.85. The van der Waals surface area contributed by atoms with Crippen LogP contribution in [0.4, 0.5) is 4.79 Å². The average Bonchev–Trinajstić information content (AvgIpc) is 2.56. The van der Waals surface area contributed by atoms with Crippen molar-refractivity contribution in [3.05, 3.63) is 30.1 Å². The molecule has 0 aliphatic rings. The van der Waals surface area contributed by atoms with Gasteiger partial charge in [-0.15, -0.1) is 0 Å². The van der Waals surface area contributed by atoms with E-state index in [0.717, 1.165) is 5.56 Å². The zero-order valence-electron chi connectivity index (χ0n) is 16.7. The molecule has 0 bridgehead atoms. The standard InChI is InChI=1S/C19H30N4O4/c1-14(22-15(2)24)17(25)21-10-7-11-23(18(26)27-19(3,4)5)13-16-8-6-9-20-12-16/h6,8-9,12,14H,7,10-11,13H2,1-5H3,(H,21,25)(H,22,24). The number of carbonyl (C=O) groups excluding carboxylic acids is 3. The zero-order valence-corrected chi connectivity index (χ0v) is 16.7. The molecule has 3 amide bonds. The van der Waals surface area contributed by atoms with E-state index >= 15 is 0 Å². The molecule has 0 saturated carbocycles. The summed E-state index contributed by atoms with van der Waals surface area (Å²) in [5, 5.41) is 5.28. The largest absolute Gasteiger partial charge is 0.444 e. The summed E-state index contributed by atoms with van der Waals surface area (Å²) in [7, 11) is 0. The fraction of sp³-hybridized carbons (Fsp3) is 0.579. The minimum Gasteiger partial charge on any atom is -0.444 e. The van der Waals surface area contributed by atoms with E-state index in [-0.39, 0.29) is 11.8 Å². The number of aromatic nitrogens is 1. The predicted molar refractivity (Wildman–Crippen MR) is 102 cm³/mol. The maximum absolute atomic E-state index is 12.5. The highest BCUT2D eigenvalue weighted by molar-refractivity contribution is 5.86. The summed E-state index contributed by atoms with van der Waals surface area (Å²) in [5.41, 5.74) is 0.304. The van der Waals surface area contributed by atoms with Gasteiger partial charge < -0.3 is 20.3 Å². The number of rotatable bonds is 8. The fourth-order valence-electron chi connectivity index (χ4n) is 2.28. The second-order valence-corrected chi connectivity index (χ2v) is 7.33. The Morgan fingerprint density at radius 1 is 1.30 bits per heavy atom. The summed E-state index contributed by atoms with van der Waals surface area (Å²) in [5.74, 6) is -0.522. The number of nitrogens with zero attached hydrogens (tertiary/aromatic N) is 2. The molecule has 0 aliphatic carbocycles. The van der Waals surface area contributed by atoms with Gasteiger partial charge in [-0.1, -0.05) is 6.07 Å². The Labute approximate surface area is 160 Å². The van der Waals surface area contributed by atoms with Crippen LogP contribution in [0.15, 0.2) is 24.5 Å². The first-order chi connectivity index (χ1) is 12.6. The third-order valence-electron chi connectivity index (χ3n) is 3.47. The first kappa shape index (κ1) is 22.4. The topological polar surface area (TPSA) is 101 Å². The number of hydrogen-bond acceptors (Lipinski definition) is 5. The van der Waals surface area contributed by atoms with Crippen molar-refractivity contribution in [3.63, 3.8) is 0 Å².